The number of anilines is 1. The molecule has 2 aromatic rings. The van der Waals surface area contributed by atoms with Crippen molar-refractivity contribution in [2.75, 3.05) is 25.4 Å². The maximum absolute atomic E-state index is 13.5. The zero-order valence-electron chi connectivity index (χ0n) is 20.1. The summed E-state index contributed by atoms with van der Waals surface area (Å²) in [6.45, 7) is 4.19. The van der Waals surface area contributed by atoms with Crippen LogP contribution in [0.4, 0.5) is 10.6 Å². The van der Waals surface area contributed by atoms with Gasteiger partial charge in [-0.05, 0) is 37.5 Å². The van der Waals surface area contributed by atoms with Gasteiger partial charge in [-0.2, -0.15) is 0 Å². The van der Waals surface area contributed by atoms with Crippen LogP contribution in [0.25, 0.3) is 0 Å². The fourth-order valence-electron chi connectivity index (χ4n) is 4.50. The molecular formula is C24H28BN5O6. The topological polar surface area (TPSA) is 155 Å². The lowest BCUT2D eigenvalue weighted by atomic mass is 9.64. The average Bonchev–Trinajstić information content (AvgIpc) is 2.85. The van der Waals surface area contributed by atoms with Crippen molar-refractivity contribution in [2.24, 2.45) is 0 Å². The van der Waals surface area contributed by atoms with Gasteiger partial charge in [-0.3, -0.25) is 19.3 Å². The number of hydrogen-bond donors (Lipinski definition) is 3. The Kier molecular flexibility index (Phi) is 7.25. The Morgan fingerprint density at radius 1 is 1.25 bits per heavy atom. The number of nitrogens with two attached hydrogens (primary N) is 1. The number of hydrogen-bond acceptors (Lipinski definition) is 8. The van der Waals surface area contributed by atoms with Gasteiger partial charge in [0, 0.05) is 43.6 Å². The number of aromatic nitrogens is 1. The minimum atomic E-state index is -1.20. The monoisotopic (exact) mass is 493 g/mol. The number of pyridine rings is 1. The second kappa shape index (κ2) is 10.4. The number of carbonyl (C=O) groups is 4. The van der Waals surface area contributed by atoms with Crippen molar-refractivity contribution in [1.82, 2.24) is 20.1 Å². The molecular weight excluding hydrogens is 465 g/mol. The van der Waals surface area contributed by atoms with Crippen LogP contribution in [-0.2, 0) is 20.8 Å². The Hall–Kier alpha value is -3.93. The molecule has 1 saturated heterocycles. The third kappa shape index (κ3) is 5.03. The number of likely N-dealkylation sites (N-methyl/N-ethyl adjacent to an activating group) is 1. The Labute approximate surface area is 208 Å². The van der Waals surface area contributed by atoms with Crippen LogP contribution in [0.2, 0.25) is 5.82 Å². The van der Waals surface area contributed by atoms with E-state index in [1.165, 1.54) is 17.2 Å². The largest absolute Gasteiger partial charge is 0.536 e. The third-order valence-corrected chi connectivity index (χ3v) is 6.55. The zero-order valence-corrected chi connectivity index (χ0v) is 20.1. The van der Waals surface area contributed by atoms with Crippen LogP contribution in [0.3, 0.4) is 0 Å². The van der Waals surface area contributed by atoms with E-state index in [1.54, 1.807) is 13.0 Å². The van der Waals surface area contributed by atoms with Crippen molar-refractivity contribution < 1.29 is 28.9 Å². The van der Waals surface area contributed by atoms with Crippen LogP contribution in [0.5, 0.6) is 5.75 Å². The number of Topliss-reactive ketones (excluding diaryl/α,β-unsaturated/α-hetero) is 1. The highest BCUT2D eigenvalue weighted by Gasteiger charge is 2.40. The molecule has 0 saturated carbocycles. The van der Waals surface area contributed by atoms with E-state index in [1.807, 2.05) is 25.1 Å². The van der Waals surface area contributed by atoms with Crippen molar-refractivity contribution in [3.8, 4) is 5.75 Å². The summed E-state index contributed by atoms with van der Waals surface area (Å²) in [6, 6.07) is 6.65. The van der Waals surface area contributed by atoms with Gasteiger partial charge in [-0.1, -0.05) is 24.3 Å². The number of nitrogens with one attached hydrogen (secondary N) is 1. The predicted octanol–water partition coefficient (Wildman–Crippen LogP) is 0.859. The van der Waals surface area contributed by atoms with E-state index in [-0.39, 0.29) is 25.3 Å². The minimum Gasteiger partial charge on any atom is -0.536 e. The number of para-hydroxylation sites is 1. The van der Waals surface area contributed by atoms with Crippen LogP contribution in [0.15, 0.2) is 36.5 Å². The summed E-state index contributed by atoms with van der Waals surface area (Å²) in [5.41, 5.74) is 7.80. The van der Waals surface area contributed by atoms with Gasteiger partial charge in [0.15, 0.2) is 5.78 Å². The molecule has 0 bridgehead atoms. The number of amides is 4. The number of nitrogen functional groups attached to an aromatic ring is 1. The SMILES string of the molecule is CCN1CCN(C(=O)NC(C(=O)C[C@H]2Cc3cccc(C)c3OB2O)c2ccc(N)nc2)C(=O)C1=O. The molecule has 36 heavy (non-hydrogen) atoms. The number of piperazine rings is 1. The predicted molar refractivity (Wildman–Crippen MR) is 131 cm³/mol. The number of benzene rings is 1. The first-order chi connectivity index (χ1) is 17.2. The number of aryl methyl sites for hydroxylation is 1. The van der Waals surface area contributed by atoms with Gasteiger partial charge in [0.2, 0.25) is 0 Å². The summed E-state index contributed by atoms with van der Waals surface area (Å²) in [4.78, 5) is 57.4. The summed E-state index contributed by atoms with van der Waals surface area (Å²) in [7, 11) is -1.20. The van der Waals surface area contributed by atoms with Crippen molar-refractivity contribution in [2.45, 2.75) is 38.5 Å². The first-order valence-electron chi connectivity index (χ1n) is 11.8. The van der Waals surface area contributed by atoms with E-state index >= 15 is 0 Å². The van der Waals surface area contributed by atoms with E-state index in [0.717, 1.165) is 16.0 Å². The third-order valence-electron chi connectivity index (χ3n) is 6.55. The Bertz CT molecular complexity index is 1190. The van der Waals surface area contributed by atoms with E-state index in [2.05, 4.69) is 10.3 Å². The molecule has 11 nitrogen and oxygen atoms in total. The van der Waals surface area contributed by atoms with Gasteiger partial charge in [-0.25, -0.2) is 9.78 Å². The molecule has 1 aromatic heterocycles. The van der Waals surface area contributed by atoms with Gasteiger partial charge < -0.3 is 25.6 Å². The van der Waals surface area contributed by atoms with E-state index in [0.29, 0.717) is 24.3 Å². The molecule has 4 N–H and O–H groups in total. The lowest BCUT2D eigenvalue weighted by molar-refractivity contribution is -0.153. The number of carbonyl (C=O) groups excluding carboxylic acids is 4. The zero-order chi connectivity index (χ0) is 26.0. The Morgan fingerprint density at radius 2 is 2.03 bits per heavy atom. The number of rotatable bonds is 6. The fourth-order valence-corrected chi connectivity index (χ4v) is 4.50. The highest BCUT2D eigenvalue weighted by molar-refractivity contribution is 6.46. The Morgan fingerprint density at radius 3 is 2.72 bits per heavy atom. The van der Waals surface area contributed by atoms with Gasteiger partial charge in [0.1, 0.15) is 17.6 Å². The first kappa shape index (κ1) is 25.2. The molecule has 2 aliphatic rings. The van der Waals surface area contributed by atoms with Crippen LogP contribution in [0.1, 0.15) is 36.1 Å². The molecule has 1 fully saturated rings. The molecule has 0 radical (unpaired) electrons. The summed E-state index contributed by atoms with van der Waals surface area (Å²) in [6.07, 6.45) is 1.67. The summed E-state index contributed by atoms with van der Waals surface area (Å²) >= 11 is 0. The molecule has 0 aliphatic carbocycles. The molecule has 0 spiro atoms. The number of imide groups is 1. The molecule has 1 unspecified atom stereocenters. The Balaban J connectivity index is 1.53. The average molecular weight is 493 g/mol. The van der Waals surface area contributed by atoms with E-state index in [9.17, 15) is 24.2 Å². The van der Waals surface area contributed by atoms with Crippen LogP contribution >= 0.6 is 0 Å². The molecule has 12 heteroatoms. The molecule has 4 amide bonds. The van der Waals surface area contributed by atoms with Crippen molar-refractivity contribution in [3.63, 3.8) is 0 Å². The van der Waals surface area contributed by atoms with E-state index in [4.69, 9.17) is 10.4 Å². The van der Waals surface area contributed by atoms with Crippen molar-refractivity contribution >= 4 is 36.6 Å². The van der Waals surface area contributed by atoms with Gasteiger partial charge in [0.05, 0.1) is 0 Å². The molecule has 1 aromatic carbocycles. The number of urea groups is 1. The van der Waals surface area contributed by atoms with Crippen LogP contribution in [-0.4, -0.2) is 70.2 Å². The molecule has 2 atom stereocenters. The molecule has 188 valence electrons. The quantitative estimate of drug-likeness (QED) is 0.395. The van der Waals surface area contributed by atoms with Gasteiger partial charge in [0.25, 0.3) is 0 Å². The maximum atomic E-state index is 13.5. The van der Waals surface area contributed by atoms with Gasteiger partial charge in [-0.15, -0.1) is 0 Å². The lowest BCUT2D eigenvalue weighted by Gasteiger charge is -2.33. The standard InChI is InChI=1S/C24H28BN5O6/c1-3-29-9-10-30(23(33)22(29)32)24(34)28-20(16-7-8-19(26)27-13-16)18(31)12-17-11-15-6-4-5-14(2)21(15)36-25(17)35/h4-8,13,17,20,35H,3,9-12H2,1-2H3,(H2,26,27)(H,28,34)/t17-,20?/m1/s1. The van der Waals surface area contributed by atoms with Gasteiger partial charge >= 0.3 is 25.0 Å². The second-order valence-electron chi connectivity index (χ2n) is 8.95. The smallest absolute Gasteiger partial charge is 0.526 e. The first-order valence-corrected chi connectivity index (χ1v) is 11.8. The molecule has 4 rings (SSSR count). The van der Waals surface area contributed by atoms with Crippen molar-refractivity contribution in [3.05, 3.63) is 53.2 Å². The van der Waals surface area contributed by atoms with E-state index < -0.39 is 42.6 Å². The molecule has 3 heterocycles. The number of ketones is 1. The summed E-state index contributed by atoms with van der Waals surface area (Å²) in [5.74, 6) is -1.85. The summed E-state index contributed by atoms with van der Waals surface area (Å²) < 4.78 is 5.69. The van der Waals surface area contributed by atoms with Crippen LogP contribution < -0.4 is 15.7 Å². The fraction of sp³-hybridized carbons (Fsp3) is 0.375. The summed E-state index contributed by atoms with van der Waals surface area (Å²) in [5, 5.41) is 13.2. The number of fused-ring (bicyclic) bond motifs is 1. The van der Waals surface area contributed by atoms with Crippen molar-refractivity contribution in [1.29, 1.82) is 0 Å². The highest BCUT2D eigenvalue weighted by Crippen LogP contribution is 2.36. The maximum Gasteiger partial charge on any atom is 0.526 e. The molecule has 2 aliphatic heterocycles. The second-order valence-corrected chi connectivity index (χ2v) is 8.95. The number of nitrogens with zero attached hydrogens (tertiary/aromatic N) is 3. The normalized spacial score (nSPS) is 18.4. The van der Waals surface area contributed by atoms with Crippen LogP contribution in [0, 0.1) is 6.92 Å². The minimum absolute atomic E-state index is 0.0104. The highest BCUT2D eigenvalue weighted by atomic mass is 16.5. The lowest BCUT2D eigenvalue weighted by Crippen LogP contribution is -2.58.